The van der Waals surface area contributed by atoms with Gasteiger partial charge in [0, 0.05) is 20.6 Å². The predicted octanol–water partition coefficient (Wildman–Crippen LogP) is 0.0778. The molecule has 0 saturated carbocycles. The second-order valence-corrected chi connectivity index (χ2v) is 4.84. The first kappa shape index (κ1) is 13.5. The molecule has 0 bridgehead atoms. The van der Waals surface area contributed by atoms with E-state index in [-0.39, 0.29) is 24.4 Å². The third-order valence-electron chi connectivity index (χ3n) is 3.28. The lowest BCUT2D eigenvalue weighted by atomic mass is 9.94. The van der Waals surface area contributed by atoms with E-state index >= 15 is 0 Å². The number of carbonyl (C=O) groups is 2. The molecular formula is C14H19N3O2. The zero-order valence-electron chi connectivity index (χ0n) is 11.3. The van der Waals surface area contributed by atoms with Crippen molar-refractivity contribution >= 4 is 11.8 Å². The Morgan fingerprint density at radius 2 is 2.11 bits per heavy atom. The zero-order chi connectivity index (χ0) is 13.8. The van der Waals surface area contributed by atoms with E-state index in [0.29, 0.717) is 0 Å². The van der Waals surface area contributed by atoms with Gasteiger partial charge in [-0.1, -0.05) is 24.3 Å². The Bertz CT molecular complexity index is 485. The van der Waals surface area contributed by atoms with E-state index in [1.54, 1.807) is 14.1 Å². The molecule has 1 atom stereocenters. The van der Waals surface area contributed by atoms with Gasteiger partial charge in [-0.25, -0.2) is 0 Å². The second kappa shape index (κ2) is 5.84. The highest BCUT2D eigenvalue weighted by Gasteiger charge is 2.25. The van der Waals surface area contributed by atoms with Crippen LogP contribution in [0.1, 0.15) is 17.2 Å². The van der Waals surface area contributed by atoms with E-state index in [1.165, 1.54) is 10.5 Å². The van der Waals surface area contributed by atoms with Crippen molar-refractivity contribution in [2.75, 3.05) is 27.2 Å². The summed E-state index contributed by atoms with van der Waals surface area (Å²) in [5.41, 5.74) is 2.20. The van der Waals surface area contributed by atoms with Gasteiger partial charge in [0.15, 0.2) is 0 Å². The Hall–Kier alpha value is -1.88. The number of nitrogens with one attached hydrogen (secondary N) is 2. The zero-order valence-corrected chi connectivity index (χ0v) is 11.3. The second-order valence-electron chi connectivity index (χ2n) is 4.84. The minimum absolute atomic E-state index is 0.0339. The van der Waals surface area contributed by atoms with Gasteiger partial charge in [-0.05, 0) is 17.5 Å². The van der Waals surface area contributed by atoms with E-state index in [0.717, 1.165) is 18.5 Å². The molecule has 5 nitrogen and oxygen atoms in total. The fourth-order valence-electron chi connectivity index (χ4n) is 2.16. The van der Waals surface area contributed by atoms with Gasteiger partial charge < -0.3 is 15.5 Å². The van der Waals surface area contributed by atoms with Crippen molar-refractivity contribution in [3.05, 3.63) is 35.4 Å². The van der Waals surface area contributed by atoms with Crippen LogP contribution in [0.25, 0.3) is 0 Å². The summed E-state index contributed by atoms with van der Waals surface area (Å²) >= 11 is 0. The van der Waals surface area contributed by atoms with E-state index < -0.39 is 0 Å². The number of rotatable bonds is 3. The summed E-state index contributed by atoms with van der Waals surface area (Å²) in [4.78, 5) is 25.1. The maximum absolute atomic E-state index is 12.1. The van der Waals surface area contributed by atoms with Crippen LogP contribution in [0.5, 0.6) is 0 Å². The Labute approximate surface area is 113 Å². The number of nitrogens with zero attached hydrogens (tertiary/aromatic N) is 1. The Morgan fingerprint density at radius 1 is 1.37 bits per heavy atom. The summed E-state index contributed by atoms with van der Waals surface area (Å²) in [6.45, 7) is 0.808. The van der Waals surface area contributed by atoms with Gasteiger partial charge in [0.1, 0.15) is 6.04 Å². The van der Waals surface area contributed by atoms with Crippen molar-refractivity contribution in [2.24, 2.45) is 0 Å². The molecule has 0 aliphatic carbocycles. The number of likely N-dealkylation sites (N-methyl/N-ethyl adjacent to an activating group) is 1. The normalized spacial score (nSPS) is 17.5. The molecule has 1 aromatic carbocycles. The summed E-state index contributed by atoms with van der Waals surface area (Å²) in [5.74, 6) is -0.264. The molecular weight excluding hydrogens is 242 g/mol. The van der Waals surface area contributed by atoms with E-state index in [1.807, 2.05) is 24.3 Å². The van der Waals surface area contributed by atoms with E-state index in [4.69, 9.17) is 0 Å². The molecule has 19 heavy (non-hydrogen) atoms. The van der Waals surface area contributed by atoms with E-state index in [2.05, 4.69) is 10.6 Å². The molecule has 5 heteroatoms. The Balaban J connectivity index is 2.03. The van der Waals surface area contributed by atoms with Crippen LogP contribution in [0, 0.1) is 0 Å². The molecule has 0 aromatic heterocycles. The number of amides is 2. The maximum Gasteiger partial charge on any atom is 0.242 e. The fraction of sp³-hybridized carbons (Fsp3) is 0.429. The highest BCUT2D eigenvalue weighted by atomic mass is 16.2. The fourth-order valence-corrected chi connectivity index (χ4v) is 2.16. The van der Waals surface area contributed by atoms with Crippen LogP contribution < -0.4 is 10.6 Å². The molecule has 1 heterocycles. The van der Waals surface area contributed by atoms with Crippen molar-refractivity contribution in [1.82, 2.24) is 15.5 Å². The first-order valence-electron chi connectivity index (χ1n) is 6.38. The van der Waals surface area contributed by atoms with Gasteiger partial charge in [-0.15, -0.1) is 0 Å². The monoisotopic (exact) mass is 261 g/mol. The maximum atomic E-state index is 12.1. The van der Waals surface area contributed by atoms with Crippen LogP contribution in [-0.2, 0) is 16.0 Å². The Morgan fingerprint density at radius 3 is 2.84 bits per heavy atom. The van der Waals surface area contributed by atoms with Crippen LogP contribution in [0.2, 0.25) is 0 Å². The minimum atomic E-state index is -0.361. The molecule has 0 spiro atoms. The molecule has 2 rings (SSSR count). The number of carbonyl (C=O) groups excluding carboxylic acids is 2. The summed E-state index contributed by atoms with van der Waals surface area (Å²) in [6, 6.07) is 7.55. The number of hydrogen-bond acceptors (Lipinski definition) is 3. The molecule has 1 aliphatic rings. The van der Waals surface area contributed by atoms with Crippen molar-refractivity contribution < 1.29 is 9.59 Å². The number of fused-ring (bicyclic) bond motifs is 1. The largest absolute Gasteiger partial charge is 0.347 e. The lowest BCUT2D eigenvalue weighted by Crippen LogP contribution is -2.44. The SMILES string of the molecule is CN(C)C(=O)CNC(=O)C1NCCc2ccccc21. The molecule has 102 valence electrons. The lowest BCUT2D eigenvalue weighted by molar-refractivity contribution is -0.131. The topological polar surface area (TPSA) is 61.4 Å². The molecule has 0 fully saturated rings. The molecule has 0 radical (unpaired) electrons. The summed E-state index contributed by atoms with van der Waals surface area (Å²) < 4.78 is 0. The standard InChI is InChI=1S/C14H19N3O2/c1-17(2)12(18)9-16-14(19)13-11-6-4-3-5-10(11)7-8-15-13/h3-6,13,15H,7-9H2,1-2H3,(H,16,19). The molecule has 1 aromatic rings. The smallest absolute Gasteiger partial charge is 0.242 e. The van der Waals surface area contributed by atoms with Crippen LogP contribution in [-0.4, -0.2) is 43.9 Å². The number of hydrogen-bond donors (Lipinski definition) is 2. The van der Waals surface area contributed by atoms with Crippen molar-refractivity contribution in [3.63, 3.8) is 0 Å². The van der Waals surface area contributed by atoms with Gasteiger partial charge in [-0.3, -0.25) is 9.59 Å². The van der Waals surface area contributed by atoms with E-state index in [9.17, 15) is 9.59 Å². The first-order chi connectivity index (χ1) is 9.09. The van der Waals surface area contributed by atoms with Gasteiger partial charge in [-0.2, -0.15) is 0 Å². The third-order valence-corrected chi connectivity index (χ3v) is 3.28. The Kier molecular flexibility index (Phi) is 4.16. The van der Waals surface area contributed by atoms with Crippen LogP contribution in [0.4, 0.5) is 0 Å². The van der Waals surface area contributed by atoms with Gasteiger partial charge >= 0.3 is 0 Å². The average molecular weight is 261 g/mol. The van der Waals surface area contributed by atoms with Gasteiger partial charge in [0.2, 0.25) is 11.8 Å². The predicted molar refractivity (Wildman–Crippen MR) is 72.6 cm³/mol. The van der Waals surface area contributed by atoms with Gasteiger partial charge in [0.25, 0.3) is 0 Å². The summed E-state index contributed by atoms with van der Waals surface area (Å²) in [5, 5.41) is 5.87. The third kappa shape index (κ3) is 3.12. The molecule has 0 saturated heterocycles. The highest BCUT2D eigenvalue weighted by molar-refractivity contribution is 5.88. The van der Waals surface area contributed by atoms with Crippen molar-refractivity contribution in [3.8, 4) is 0 Å². The number of benzene rings is 1. The highest BCUT2D eigenvalue weighted by Crippen LogP contribution is 2.22. The quantitative estimate of drug-likeness (QED) is 0.810. The minimum Gasteiger partial charge on any atom is -0.347 e. The molecule has 1 unspecified atom stereocenters. The van der Waals surface area contributed by atoms with Crippen LogP contribution in [0.3, 0.4) is 0 Å². The van der Waals surface area contributed by atoms with Crippen LogP contribution >= 0.6 is 0 Å². The van der Waals surface area contributed by atoms with Crippen molar-refractivity contribution in [2.45, 2.75) is 12.5 Å². The average Bonchev–Trinajstić information content (AvgIpc) is 2.43. The lowest BCUT2D eigenvalue weighted by Gasteiger charge is -2.26. The molecule has 1 aliphatic heterocycles. The van der Waals surface area contributed by atoms with Gasteiger partial charge in [0.05, 0.1) is 6.54 Å². The molecule has 2 amide bonds. The molecule has 2 N–H and O–H groups in total. The van der Waals surface area contributed by atoms with Crippen LogP contribution in [0.15, 0.2) is 24.3 Å². The summed E-state index contributed by atoms with van der Waals surface area (Å²) in [6.07, 6.45) is 0.927. The van der Waals surface area contributed by atoms with Crippen molar-refractivity contribution in [1.29, 1.82) is 0 Å². The first-order valence-corrected chi connectivity index (χ1v) is 6.38. The summed E-state index contributed by atoms with van der Waals surface area (Å²) in [7, 11) is 3.34.